The smallest absolute Gasteiger partial charge is 0.150 e. The summed E-state index contributed by atoms with van der Waals surface area (Å²) < 4.78 is 23.0. The summed E-state index contributed by atoms with van der Waals surface area (Å²) in [6.45, 7) is 4.21. The fraction of sp³-hybridized carbons (Fsp3) is 0.538. The summed E-state index contributed by atoms with van der Waals surface area (Å²) in [6.07, 6.45) is 0.609. The van der Waals surface area contributed by atoms with E-state index in [1.807, 2.05) is 31.2 Å². The highest BCUT2D eigenvalue weighted by molar-refractivity contribution is 7.91. The van der Waals surface area contributed by atoms with Gasteiger partial charge >= 0.3 is 0 Å². The maximum absolute atomic E-state index is 11.5. The molecule has 2 N–H and O–H groups in total. The van der Waals surface area contributed by atoms with E-state index in [4.69, 9.17) is 5.73 Å². The number of nitrogens with two attached hydrogens (primary N) is 1. The maximum Gasteiger partial charge on any atom is 0.150 e. The van der Waals surface area contributed by atoms with E-state index in [0.717, 1.165) is 0 Å². The number of aryl methyl sites for hydroxylation is 1. The molecule has 1 atom stereocenters. The van der Waals surface area contributed by atoms with Gasteiger partial charge in [-0.1, -0.05) is 31.2 Å². The van der Waals surface area contributed by atoms with Gasteiger partial charge in [-0.05, 0) is 36.9 Å². The minimum Gasteiger partial charge on any atom is -0.330 e. The minimum atomic E-state index is -2.90. The zero-order valence-electron chi connectivity index (χ0n) is 10.5. The molecule has 0 heterocycles. The van der Waals surface area contributed by atoms with Crippen molar-refractivity contribution < 1.29 is 8.42 Å². The summed E-state index contributed by atoms with van der Waals surface area (Å²) in [6, 6.07) is 8.02. The van der Waals surface area contributed by atoms with Crippen LogP contribution in [-0.2, 0) is 9.84 Å². The topological polar surface area (TPSA) is 60.2 Å². The Morgan fingerprint density at radius 2 is 1.94 bits per heavy atom. The second kappa shape index (κ2) is 6.17. The van der Waals surface area contributed by atoms with Crippen LogP contribution in [-0.4, -0.2) is 26.5 Å². The Labute approximate surface area is 104 Å². The molecule has 0 bridgehead atoms. The molecule has 0 radical (unpaired) electrons. The average molecular weight is 255 g/mol. The van der Waals surface area contributed by atoms with Gasteiger partial charge < -0.3 is 5.73 Å². The normalized spacial score (nSPS) is 13.6. The summed E-state index contributed by atoms with van der Waals surface area (Å²) >= 11 is 0. The molecule has 0 aliphatic rings. The Balaban J connectivity index is 2.77. The molecule has 0 aromatic heterocycles. The summed E-state index contributed by atoms with van der Waals surface area (Å²) in [4.78, 5) is 0. The van der Waals surface area contributed by atoms with Gasteiger partial charge in [0.1, 0.15) is 9.84 Å². The van der Waals surface area contributed by atoms with E-state index in [-0.39, 0.29) is 17.4 Å². The Morgan fingerprint density at radius 1 is 1.29 bits per heavy atom. The first-order valence-electron chi connectivity index (χ1n) is 5.96. The fourth-order valence-electron chi connectivity index (χ4n) is 1.91. The lowest BCUT2D eigenvalue weighted by Crippen LogP contribution is -2.18. The van der Waals surface area contributed by atoms with Crippen molar-refractivity contribution in [1.29, 1.82) is 0 Å². The fourth-order valence-corrected chi connectivity index (χ4v) is 2.84. The van der Waals surface area contributed by atoms with E-state index in [2.05, 4.69) is 0 Å². The number of rotatable bonds is 6. The maximum atomic E-state index is 11.5. The quantitative estimate of drug-likeness (QED) is 0.844. The van der Waals surface area contributed by atoms with E-state index in [1.54, 1.807) is 6.92 Å². The Kier molecular flexibility index (Phi) is 5.15. The van der Waals surface area contributed by atoms with Crippen LogP contribution in [0.25, 0.3) is 0 Å². The molecule has 3 nitrogen and oxygen atoms in total. The SMILES string of the molecule is CCS(=O)(=O)CCC(CN)c1ccccc1C. The van der Waals surface area contributed by atoms with Crippen LogP contribution in [0.5, 0.6) is 0 Å². The zero-order valence-corrected chi connectivity index (χ0v) is 11.3. The summed E-state index contributed by atoms with van der Waals surface area (Å²) in [7, 11) is -2.90. The van der Waals surface area contributed by atoms with E-state index in [0.29, 0.717) is 13.0 Å². The van der Waals surface area contributed by atoms with Crippen LogP contribution in [0, 0.1) is 6.92 Å². The number of hydrogen-bond acceptors (Lipinski definition) is 3. The molecule has 0 aliphatic carbocycles. The Morgan fingerprint density at radius 3 is 2.47 bits per heavy atom. The summed E-state index contributed by atoms with van der Waals surface area (Å²) in [5, 5.41) is 0. The van der Waals surface area contributed by atoms with E-state index in [1.165, 1.54) is 11.1 Å². The molecule has 0 aliphatic heterocycles. The molecule has 4 heteroatoms. The van der Waals surface area contributed by atoms with Gasteiger partial charge in [0.15, 0.2) is 0 Å². The van der Waals surface area contributed by atoms with Crippen LogP contribution in [0.4, 0.5) is 0 Å². The van der Waals surface area contributed by atoms with Crippen LogP contribution >= 0.6 is 0 Å². The highest BCUT2D eigenvalue weighted by Crippen LogP contribution is 2.22. The van der Waals surface area contributed by atoms with Crippen LogP contribution < -0.4 is 5.73 Å². The van der Waals surface area contributed by atoms with Crippen LogP contribution in [0.3, 0.4) is 0 Å². The third kappa shape index (κ3) is 4.13. The monoisotopic (exact) mass is 255 g/mol. The molecule has 1 aromatic carbocycles. The predicted octanol–water partition coefficient (Wildman–Crippen LogP) is 1.86. The van der Waals surface area contributed by atoms with E-state index >= 15 is 0 Å². The molecule has 0 saturated heterocycles. The molecule has 0 fully saturated rings. The minimum absolute atomic E-state index is 0.137. The van der Waals surface area contributed by atoms with Crippen molar-refractivity contribution in [2.45, 2.75) is 26.2 Å². The van der Waals surface area contributed by atoms with Crippen molar-refractivity contribution >= 4 is 9.84 Å². The van der Waals surface area contributed by atoms with Crippen LogP contribution in [0.1, 0.15) is 30.4 Å². The molecule has 1 aromatic rings. The zero-order chi connectivity index (χ0) is 12.9. The van der Waals surface area contributed by atoms with E-state index in [9.17, 15) is 8.42 Å². The molecular weight excluding hydrogens is 234 g/mol. The number of sulfone groups is 1. The molecule has 1 rings (SSSR count). The van der Waals surface area contributed by atoms with Gasteiger partial charge in [-0.2, -0.15) is 0 Å². The second-order valence-electron chi connectivity index (χ2n) is 4.31. The third-order valence-electron chi connectivity index (χ3n) is 3.13. The van der Waals surface area contributed by atoms with Gasteiger partial charge in [0.25, 0.3) is 0 Å². The van der Waals surface area contributed by atoms with Crippen molar-refractivity contribution in [2.24, 2.45) is 5.73 Å². The number of benzene rings is 1. The first-order valence-corrected chi connectivity index (χ1v) is 7.78. The lowest BCUT2D eigenvalue weighted by atomic mass is 9.93. The van der Waals surface area contributed by atoms with E-state index < -0.39 is 9.84 Å². The van der Waals surface area contributed by atoms with Crippen molar-refractivity contribution in [3.05, 3.63) is 35.4 Å². The highest BCUT2D eigenvalue weighted by Gasteiger charge is 2.16. The molecule has 1 unspecified atom stereocenters. The molecule has 0 spiro atoms. The molecule has 96 valence electrons. The average Bonchev–Trinajstić information content (AvgIpc) is 2.32. The van der Waals surface area contributed by atoms with Crippen LogP contribution in [0.15, 0.2) is 24.3 Å². The van der Waals surface area contributed by atoms with Gasteiger partial charge in [-0.3, -0.25) is 0 Å². The number of hydrogen-bond donors (Lipinski definition) is 1. The van der Waals surface area contributed by atoms with Crippen molar-refractivity contribution in [2.75, 3.05) is 18.1 Å². The molecule has 0 amide bonds. The van der Waals surface area contributed by atoms with Crippen LogP contribution in [0.2, 0.25) is 0 Å². The van der Waals surface area contributed by atoms with Gasteiger partial charge in [-0.15, -0.1) is 0 Å². The van der Waals surface area contributed by atoms with Gasteiger partial charge in [0.2, 0.25) is 0 Å². The van der Waals surface area contributed by atoms with Crippen molar-refractivity contribution in [1.82, 2.24) is 0 Å². The molecule has 0 saturated carbocycles. The lowest BCUT2D eigenvalue weighted by Gasteiger charge is -2.17. The highest BCUT2D eigenvalue weighted by atomic mass is 32.2. The summed E-state index contributed by atoms with van der Waals surface area (Å²) in [5.74, 6) is 0.565. The lowest BCUT2D eigenvalue weighted by molar-refractivity contribution is 0.585. The van der Waals surface area contributed by atoms with Gasteiger partial charge in [0, 0.05) is 5.75 Å². The van der Waals surface area contributed by atoms with Gasteiger partial charge in [-0.25, -0.2) is 8.42 Å². The van der Waals surface area contributed by atoms with Crippen molar-refractivity contribution in [3.63, 3.8) is 0 Å². The summed E-state index contributed by atoms with van der Waals surface area (Å²) in [5.41, 5.74) is 8.10. The molecule has 17 heavy (non-hydrogen) atoms. The first-order chi connectivity index (χ1) is 8.00. The Hall–Kier alpha value is -0.870. The van der Waals surface area contributed by atoms with Gasteiger partial charge in [0.05, 0.1) is 5.75 Å². The standard InChI is InChI=1S/C13H21NO2S/c1-3-17(15,16)9-8-12(10-14)13-7-5-4-6-11(13)2/h4-7,12H,3,8-10,14H2,1-2H3. The Bertz CT molecular complexity index is 454. The first kappa shape index (κ1) is 14.2. The predicted molar refractivity (Wildman–Crippen MR) is 71.9 cm³/mol. The second-order valence-corrected chi connectivity index (χ2v) is 6.79. The molecular formula is C13H21NO2S. The largest absolute Gasteiger partial charge is 0.330 e. The third-order valence-corrected chi connectivity index (χ3v) is 4.87. The van der Waals surface area contributed by atoms with Crippen molar-refractivity contribution in [3.8, 4) is 0 Å².